The first kappa shape index (κ1) is 8.01. The van der Waals surface area contributed by atoms with Gasteiger partial charge in [0.2, 0.25) is 0 Å². The van der Waals surface area contributed by atoms with Crippen molar-refractivity contribution in [2.75, 3.05) is 6.61 Å². The van der Waals surface area contributed by atoms with Gasteiger partial charge in [-0.2, -0.15) is 0 Å². The van der Waals surface area contributed by atoms with E-state index in [1.165, 1.54) is 0 Å². The van der Waals surface area contributed by atoms with Crippen LogP contribution in [0.15, 0.2) is 0 Å². The van der Waals surface area contributed by atoms with Crippen molar-refractivity contribution in [2.45, 2.75) is 25.0 Å². The van der Waals surface area contributed by atoms with E-state index in [0.29, 0.717) is 12.8 Å². The average Bonchev–Trinajstić information content (AvgIpc) is 2.43. The summed E-state index contributed by atoms with van der Waals surface area (Å²) >= 11 is 0. The molecule has 1 saturated carbocycles. The minimum Gasteiger partial charge on any atom is -0.462 e. The number of carbonyl (C=O) groups is 1. The zero-order chi connectivity index (χ0) is 8.72. The third-order valence-corrected chi connectivity index (χ3v) is 2.89. The van der Waals surface area contributed by atoms with Crippen LogP contribution < -0.4 is 0 Å². The maximum absolute atomic E-state index is 10.8. The highest BCUT2D eigenvalue weighted by molar-refractivity contribution is 5.72. The lowest BCUT2D eigenvalue weighted by molar-refractivity contribution is -0.141. The predicted molar refractivity (Wildman–Crippen MR) is 39.2 cm³/mol. The van der Waals surface area contributed by atoms with Gasteiger partial charge in [-0.15, -0.1) is 0 Å². The van der Waals surface area contributed by atoms with E-state index in [1.807, 2.05) is 0 Å². The quantitative estimate of drug-likeness (QED) is 0.513. The van der Waals surface area contributed by atoms with Crippen LogP contribution in [0.5, 0.6) is 0 Å². The Hall–Kier alpha value is -0.610. The fraction of sp³-hybridized carbons (Fsp3) is 0.875. The van der Waals surface area contributed by atoms with Gasteiger partial charge in [0.25, 0.3) is 0 Å². The molecule has 2 rings (SSSR count). The monoisotopic (exact) mass is 172 g/mol. The predicted octanol–water partition coefficient (Wildman–Crippen LogP) is -0.709. The molecule has 2 fully saturated rings. The van der Waals surface area contributed by atoms with Crippen molar-refractivity contribution in [3.8, 4) is 0 Å². The summed E-state index contributed by atoms with van der Waals surface area (Å²) in [5.41, 5.74) is 0. The summed E-state index contributed by atoms with van der Waals surface area (Å²) in [6.07, 6.45) is 0.192. The SMILES string of the molecule is O=C1C[C@@H]2[C@H](CO)[C@@H](O)C[C@H]2O1. The number of esters is 1. The van der Waals surface area contributed by atoms with Gasteiger partial charge in [0.1, 0.15) is 6.10 Å². The van der Waals surface area contributed by atoms with Crippen molar-refractivity contribution in [3.05, 3.63) is 0 Å². The van der Waals surface area contributed by atoms with Crippen molar-refractivity contribution in [1.82, 2.24) is 0 Å². The lowest BCUT2D eigenvalue weighted by Crippen LogP contribution is -2.23. The second-order valence-corrected chi connectivity index (χ2v) is 3.55. The smallest absolute Gasteiger partial charge is 0.306 e. The Labute approximate surface area is 70.1 Å². The first-order chi connectivity index (χ1) is 5.72. The molecule has 68 valence electrons. The van der Waals surface area contributed by atoms with Crippen LogP contribution in [0.3, 0.4) is 0 Å². The number of aliphatic hydroxyl groups excluding tert-OH is 2. The van der Waals surface area contributed by atoms with Gasteiger partial charge >= 0.3 is 5.97 Å². The van der Waals surface area contributed by atoms with Crippen molar-refractivity contribution < 1.29 is 19.7 Å². The summed E-state index contributed by atoms with van der Waals surface area (Å²) in [6, 6.07) is 0. The minimum atomic E-state index is -0.502. The minimum absolute atomic E-state index is 0.0394. The number of rotatable bonds is 1. The molecule has 2 aliphatic rings. The number of ether oxygens (including phenoxy) is 1. The Bertz CT molecular complexity index is 203. The van der Waals surface area contributed by atoms with E-state index in [9.17, 15) is 9.90 Å². The highest BCUT2D eigenvalue weighted by Crippen LogP contribution is 2.40. The molecule has 4 atom stereocenters. The molecule has 0 radical (unpaired) electrons. The first-order valence-electron chi connectivity index (χ1n) is 4.20. The standard InChI is InChI=1S/C8H12O4/c9-3-5-4-1-8(11)12-7(4)2-6(5)10/h4-7,9-10H,1-3H2/t4-,5+,6+,7-/m1/s1. The molecule has 0 amide bonds. The Morgan fingerprint density at radius 1 is 1.58 bits per heavy atom. The van der Waals surface area contributed by atoms with Crippen molar-refractivity contribution in [1.29, 1.82) is 0 Å². The Balaban J connectivity index is 2.11. The van der Waals surface area contributed by atoms with Crippen LogP contribution in [0.2, 0.25) is 0 Å². The van der Waals surface area contributed by atoms with E-state index in [-0.39, 0.29) is 30.5 Å². The van der Waals surface area contributed by atoms with E-state index >= 15 is 0 Å². The van der Waals surface area contributed by atoms with Crippen LogP contribution in [0.25, 0.3) is 0 Å². The maximum atomic E-state index is 10.8. The van der Waals surface area contributed by atoms with Crippen molar-refractivity contribution in [3.63, 3.8) is 0 Å². The Morgan fingerprint density at radius 2 is 2.33 bits per heavy atom. The molecule has 4 nitrogen and oxygen atoms in total. The molecular weight excluding hydrogens is 160 g/mol. The van der Waals surface area contributed by atoms with Crippen LogP contribution in [0, 0.1) is 11.8 Å². The molecule has 1 saturated heterocycles. The third kappa shape index (κ3) is 1.03. The molecule has 4 heteroatoms. The molecule has 0 bridgehead atoms. The third-order valence-electron chi connectivity index (χ3n) is 2.89. The van der Waals surface area contributed by atoms with Crippen molar-refractivity contribution >= 4 is 5.97 Å². The molecule has 0 spiro atoms. The van der Waals surface area contributed by atoms with Crippen molar-refractivity contribution in [2.24, 2.45) is 11.8 Å². The molecule has 0 aromatic carbocycles. The highest BCUT2D eigenvalue weighted by atomic mass is 16.6. The summed E-state index contributed by atoms with van der Waals surface area (Å²) in [7, 11) is 0. The van der Waals surface area contributed by atoms with Gasteiger partial charge in [-0.05, 0) is 0 Å². The second kappa shape index (κ2) is 2.71. The molecular formula is C8H12O4. The molecule has 2 N–H and O–H groups in total. The van der Waals surface area contributed by atoms with Gasteiger partial charge in [0.15, 0.2) is 0 Å². The summed E-state index contributed by atoms with van der Waals surface area (Å²) in [5, 5.41) is 18.4. The number of hydrogen-bond donors (Lipinski definition) is 2. The molecule has 0 aromatic rings. The summed E-state index contributed by atoms with van der Waals surface area (Å²) in [4.78, 5) is 10.8. The van der Waals surface area contributed by atoms with Gasteiger partial charge in [-0.3, -0.25) is 4.79 Å². The second-order valence-electron chi connectivity index (χ2n) is 3.55. The summed E-state index contributed by atoms with van der Waals surface area (Å²) in [5.74, 6) is -0.325. The molecule has 0 aromatic heterocycles. The summed E-state index contributed by atoms with van der Waals surface area (Å²) < 4.78 is 4.98. The first-order valence-corrected chi connectivity index (χ1v) is 4.20. The van der Waals surface area contributed by atoms with Crippen LogP contribution in [0.1, 0.15) is 12.8 Å². The molecule has 12 heavy (non-hydrogen) atoms. The topological polar surface area (TPSA) is 66.8 Å². The van der Waals surface area contributed by atoms with E-state index in [2.05, 4.69) is 0 Å². The van der Waals surface area contributed by atoms with E-state index in [0.717, 1.165) is 0 Å². The Morgan fingerprint density at radius 3 is 3.00 bits per heavy atom. The number of carbonyl (C=O) groups excluding carboxylic acids is 1. The van der Waals surface area contributed by atoms with Crippen LogP contribution in [0.4, 0.5) is 0 Å². The molecule has 1 aliphatic heterocycles. The zero-order valence-electron chi connectivity index (χ0n) is 6.64. The average molecular weight is 172 g/mol. The van der Waals surface area contributed by atoms with Gasteiger partial charge in [0, 0.05) is 24.9 Å². The van der Waals surface area contributed by atoms with Gasteiger partial charge in [0.05, 0.1) is 12.5 Å². The summed E-state index contributed by atoms with van der Waals surface area (Å²) in [6.45, 7) is -0.0566. The normalized spacial score (nSPS) is 46.0. The van der Waals surface area contributed by atoms with Gasteiger partial charge < -0.3 is 14.9 Å². The Kier molecular flexibility index (Phi) is 1.81. The largest absolute Gasteiger partial charge is 0.462 e. The van der Waals surface area contributed by atoms with Crippen LogP contribution in [-0.2, 0) is 9.53 Å². The fourth-order valence-electron chi connectivity index (χ4n) is 2.23. The van der Waals surface area contributed by atoms with Crippen LogP contribution >= 0.6 is 0 Å². The van der Waals surface area contributed by atoms with E-state index in [4.69, 9.17) is 9.84 Å². The fourth-order valence-corrected chi connectivity index (χ4v) is 2.23. The number of fused-ring (bicyclic) bond motifs is 1. The van der Waals surface area contributed by atoms with E-state index in [1.54, 1.807) is 0 Å². The molecule has 1 aliphatic carbocycles. The lowest BCUT2D eigenvalue weighted by Gasteiger charge is -2.14. The van der Waals surface area contributed by atoms with Gasteiger partial charge in [-0.25, -0.2) is 0 Å². The zero-order valence-corrected chi connectivity index (χ0v) is 6.64. The number of aliphatic hydroxyl groups is 2. The molecule has 0 unspecified atom stereocenters. The molecule has 1 heterocycles. The van der Waals surface area contributed by atoms with Crippen LogP contribution in [-0.4, -0.2) is 35.0 Å². The lowest BCUT2D eigenvalue weighted by atomic mass is 9.93. The maximum Gasteiger partial charge on any atom is 0.306 e. The van der Waals surface area contributed by atoms with E-state index < -0.39 is 6.10 Å². The highest BCUT2D eigenvalue weighted by Gasteiger charge is 2.49. The number of hydrogen-bond acceptors (Lipinski definition) is 4. The van der Waals surface area contributed by atoms with Gasteiger partial charge in [-0.1, -0.05) is 0 Å².